The van der Waals surface area contributed by atoms with Crippen molar-refractivity contribution in [2.24, 2.45) is 17.8 Å². The minimum atomic E-state index is -0.723. The van der Waals surface area contributed by atoms with E-state index < -0.39 is 5.97 Å². The molecule has 182 valence electrons. The molecule has 0 aliphatic heterocycles. The van der Waals surface area contributed by atoms with Crippen LogP contribution in [0.2, 0.25) is 0 Å². The second-order valence-electron chi connectivity index (χ2n) is 9.79. The molecule has 1 aliphatic rings. The summed E-state index contributed by atoms with van der Waals surface area (Å²) in [5, 5.41) is 9.18. The Morgan fingerprint density at radius 1 is 0.742 bits per heavy atom. The lowest BCUT2D eigenvalue weighted by atomic mass is 9.82. The number of carboxylic acid groups (broad SMARTS) is 1. The van der Waals surface area contributed by atoms with Gasteiger partial charge in [0.15, 0.2) is 0 Å². The number of unbranched alkanes of at least 4 members (excludes halogenated alkanes) is 9. The Bertz CT molecular complexity index is 468. The van der Waals surface area contributed by atoms with Crippen molar-refractivity contribution in [2.45, 2.75) is 142 Å². The van der Waals surface area contributed by atoms with Crippen molar-refractivity contribution in [2.75, 3.05) is 0 Å². The molecule has 0 aromatic rings. The Hall–Kier alpha value is -1.06. The van der Waals surface area contributed by atoms with Gasteiger partial charge in [-0.15, -0.1) is 0 Å². The average Bonchev–Trinajstić information content (AvgIpc) is 2.78. The Balaban J connectivity index is 2.36. The summed E-state index contributed by atoms with van der Waals surface area (Å²) < 4.78 is 6.09. The first kappa shape index (κ1) is 28.0. The molecule has 0 amide bonds. The van der Waals surface area contributed by atoms with Crippen molar-refractivity contribution in [3.63, 3.8) is 0 Å². The van der Waals surface area contributed by atoms with Gasteiger partial charge < -0.3 is 9.84 Å². The summed E-state index contributed by atoms with van der Waals surface area (Å²) in [4.78, 5) is 24.0. The lowest BCUT2D eigenvalue weighted by Gasteiger charge is -2.30. The molecule has 1 N–H and O–H groups in total. The van der Waals surface area contributed by atoms with E-state index in [0.717, 1.165) is 32.1 Å². The number of hydrogen-bond acceptors (Lipinski definition) is 3. The molecule has 0 bridgehead atoms. The van der Waals surface area contributed by atoms with Gasteiger partial charge >= 0.3 is 11.9 Å². The molecule has 0 saturated heterocycles. The fourth-order valence-corrected chi connectivity index (χ4v) is 5.07. The molecule has 0 aromatic heterocycles. The molecule has 0 radical (unpaired) electrons. The summed E-state index contributed by atoms with van der Waals surface area (Å²) in [7, 11) is 0. The van der Waals surface area contributed by atoms with Gasteiger partial charge in [-0.3, -0.25) is 9.59 Å². The highest BCUT2D eigenvalue weighted by molar-refractivity contribution is 5.74. The molecule has 0 heterocycles. The standard InChI is InChI=1S/C27H50O4/c1-4-7-8-9-10-11-12-13-14-15-17-25(22(6-3)16-5-2)31-27(30)24-20-18-23(19-21-24)26(28)29/h22-25H,4-21H2,1-3H3,(H,28,29). The Morgan fingerprint density at radius 2 is 1.26 bits per heavy atom. The number of aliphatic carboxylic acids is 1. The van der Waals surface area contributed by atoms with Gasteiger partial charge in [-0.1, -0.05) is 85.0 Å². The molecular formula is C27H50O4. The number of carbonyl (C=O) groups is 2. The SMILES string of the molecule is CCCCCCCCCCCCC(OC(=O)C1CCC(C(=O)O)CC1)C(CC)CCC. The molecule has 2 unspecified atom stereocenters. The van der Waals surface area contributed by atoms with Gasteiger partial charge in [0, 0.05) is 0 Å². The average molecular weight is 439 g/mol. The van der Waals surface area contributed by atoms with Gasteiger partial charge in [-0.05, 0) is 57.3 Å². The zero-order valence-electron chi connectivity index (χ0n) is 20.7. The first-order valence-electron chi connectivity index (χ1n) is 13.5. The van der Waals surface area contributed by atoms with E-state index in [9.17, 15) is 14.7 Å². The molecule has 4 heteroatoms. The number of ether oxygens (including phenoxy) is 1. The summed E-state index contributed by atoms with van der Waals surface area (Å²) in [6.45, 7) is 6.67. The van der Waals surface area contributed by atoms with Crippen LogP contribution in [0.15, 0.2) is 0 Å². The van der Waals surface area contributed by atoms with Crippen LogP contribution in [-0.4, -0.2) is 23.1 Å². The van der Waals surface area contributed by atoms with E-state index in [2.05, 4.69) is 20.8 Å². The van der Waals surface area contributed by atoms with Gasteiger partial charge in [-0.25, -0.2) is 0 Å². The predicted molar refractivity (Wildman–Crippen MR) is 128 cm³/mol. The highest BCUT2D eigenvalue weighted by atomic mass is 16.5. The van der Waals surface area contributed by atoms with Crippen LogP contribution in [0.5, 0.6) is 0 Å². The molecule has 31 heavy (non-hydrogen) atoms. The van der Waals surface area contributed by atoms with Crippen molar-refractivity contribution >= 4 is 11.9 Å². The Morgan fingerprint density at radius 3 is 1.74 bits per heavy atom. The van der Waals surface area contributed by atoms with Crippen LogP contribution in [0.1, 0.15) is 136 Å². The lowest BCUT2D eigenvalue weighted by Crippen LogP contribution is -2.32. The maximum atomic E-state index is 12.8. The van der Waals surface area contributed by atoms with E-state index in [4.69, 9.17) is 4.74 Å². The van der Waals surface area contributed by atoms with Crippen LogP contribution in [0, 0.1) is 17.8 Å². The van der Waals surface area contributed by atoms with Crippen LogP contribution in [0.4, 0.5) is 0 Å². The summed E-state index contributed by atoms with van der Waals surface area (Å²) in [5.74, 6) is -0.738. The number of carboxylic acids is 1. The van der Waals surface area contributed by atoms with E-state index in [0.29, 0.717) is 31.6 Å². The first-order valence-corrected chi connectivity index (χ1v) is 13.5. The summed E-state index contributed by atoms with van der Waals surface area (Å²) in [6.07, 6.45) is 20.0. The molecule has 2 atom stereocenters. The van der Waals surface area contributed by atoms with Crippen LogP contribution in [0.25, 0.3) is 0 Å². The van der Waals surface area contributed by atoms with E-state index in [-0.39, 0.29) is 23.9 Å². The number of carbonyl (C=O) groups excluding carboxylic acids is 1. The van der Waals surface area contributed by atoms with Gasteiger partial charge in [0.1, 0.15) is 6.10 Å². The Labute approximate surface area is 191 Å². The zero-order chi connectivity index (χ0) is 22.9. The third kappa shape index (κ3) is 11.9. The fraction of sp³-hybridized carbons (Fsp3) is 0.926. The van der Waals surface area contributed by atoms with Crippen LogP contribution >= 0.6 is 0 Å². The molecule has 1 rings (SSSR count). The number of hydrogen-bond donors (Lipinski definition) is 1. The quantitative estimate of drug-likeness (QED) is 0.174. The predicted octanol–water partition coefficient (Wildman–Crippen LogP) is 7.93. The monoisotopic (exact) mass is 438 g/mol. The highest BCUT2D eigenvalue weighted by Gasteiger charge is 2.33. The Kier molecular flexibility index (Phi) is 15.8. The van der Waals surface area contributed by atoms with E-state index in [1.165, 1.54) is 57.8 Å². The zero-order valence-corrected chi connectivity index (χ0v) is 20.7. The smallest absolute Gasteiger partial charge is 0.309 e. The molecular weight excluding hydrogens is 388 g/mol. The largest absolute Gasteiger partial charge is 0.481 e. The molecule has 0 spiro atoms. The molecule has 1 aliphatic carbocycles. The van der Waals surface area contributed by atoms with Gasteiger partial charge in [-0.2, -0.15) is 0 Å². The van der Waals surface area contributed by atoms with Crippen LogP contribution in [0.3, 0.4) is 0 Å². The van der Waals surface area contributed by atoms with Crippen molar-refractivity contribution in [1.82, 2.24) is 0 Å². The third-order valence-electron chi connectivity index (χ3n) is 7.23. The summed E-state index contributed by atoms with van der Waals surface area (Å²) in [6, 6.07) is 0. The van der Waals surface area contributed by atoms with E-state index in [1.54, 1.807) is 0 Å². The van der Waals surface area contributed by atoms with Crippen molar-refractivity contribution in [3.8, 4) is 0 Å². The van der Waals surface area contributed by atoms with E-state index >= 15 is 0 Å². The first-order chi connectivity index (χ1) is 15.0. The number of rotatable bonds is 18. The second-order valence-corrected chi connectivity index (χ2v) is 9.79. The number of esters is 1. The fourth-order valence-electron chi connectivity index (χ4n) is 5.07. The topological polar surface area (TPSA) is 63.6 Å². The normalized spacial score (nSPS) is 20.9. The molecule has 1 saturated carbocycles. The summed E-state index contributed by atoms with van der Waals surface area (Å²) >= 11 is 0. The molecule has 4 nitrogen and oxygen atoms in total. The van der Waals surface area contributed by atoms with Crippen molar-refractivity contribution < 1.29 is 19.4 Å². The summed E-state index contributed by atoms with van der Waals surface area (Å²) in [5.41, 5.74) is 0. The molecule has 1 fully saturated rings. The van der Waals surface area contributed by atoms with Crippen LogP contribution < -0.4 is 0 Å². The van der Waals surface area contributed by atoms with Gasteiger partial charge in [0.25, 0.3) is 0 Å². The van der Waals surface area contributed by atoms with Crippen molar-refractivity contribution in [1.29, 1.82) is 0 Å². The van der Waals surface area contributed by atoms with Crippen molar-refractivity contribution in [3.05, 3.63) is 0 Å². The lowest BCUT2D eigenvalue weighted by molar-refractivity contribution is -0.160. The highest BCUT2D eigenvalue weighted by Crippen LogP contribution is 2.32. The van der Waals surface area contributed by atoms with Gasteiger partial charge in [0.05, 0.1) is 11.8 Å². The second kappa shape index (κ2) is 17.5. The van der Waals surface area contributed by atoms with Gasteiger partial charge in [0.2, 0.25) is 0 Å². The third-order valence-corrected chi connectivity index (χ3v) is 7.23. The minimum absolute atomic E-state index is 0.0312. The maximum Gasteiger partial charge on any atom is 0.309 e. The van der Waals surface area contributed by atoms with Crippen LogP contribution in [-0.2, 0) is 14.3 Å². The maximum absolute atomic E-state index is 12.8. The minimum Gasteiger partial charge on any atom is -0.481 e. The van der Waals surface area contributed by atoms with E-state index in [1.807, 2.05) is 0 Å². The molecule has 0 aromatic carbocycles.